The van der Waals surface area contributed by atoms with Crippen molar-refractivity contribution in [2.75, 3.05) is 0 Å². The van der Waals surface area contributed by atoms with Crippen LogP contribution in [0.2, 0.25) is 0 Å². The number of hydrogen-bond donors (Lipinski definition) is 2. The minimum atomic E-state index is -4.67. The van der Waals surface area contributed by atoms with E-state index in [2.05, 4.69) is 0 Å². The van der Waals surface area contributed by atoms with E-state index in [9.17, 15) is 0 Å². The Bertz CT molecular complexity index is 113. The van der Waals surface area contributed by atoms with Crippen molar-refractivity contribution < 1.29 is 88.2 Å². The van der Waals surface area contributed by atoms with Crippen molar-refractivity contribution in [1.82, 2.24) is 0 Å². The van der Waals surface area contributed by atoms with E-state index in [0.29, 0.717) is 0 Å². The van der Waals surface area contributed by atoms with Crippen LogP contribution in [0.1, 0.15) is 0 Å². The average molecular weight is 406 g/mol. The van der Waals surface area contributed by atoms with Gasteiger partial charge in [-0.1, -0.05) is 0 Å². The third kappa shape index (κ3) is 123. The minimum absolute atomic E-state index is 0. The fraction of sp³-hybridized carbons (Fsp3) is 0. The third-order valence-corrected chi connectivity index (χ3v) is 0. The Hall–Kier alpha value is 4.08. The zero-order valence-corrected chi connectivity index (χ0v) is 10.9. The predicted molar refractivity (Wildman–Crippen MR) is 31.3 cm³/mol. The van der Waals surface area contributed by atoms with E-state index >= 15 is 0 Å². The van der Waals surface area contributed by atoms with E-state index in [1.165, 1.54) is 0 Å². The summed E-state index contributed by atoms with van der Waals surface area (Å²) < 4.78 is 31.6. The Kier molecular flexibility index (Phi) is 98.7. The molecule has 2 N–H and O–H groups in total. The molecule has 0 heterocycles. The van der Waals surface area contributed by atoms with Crippen LogP contribution in [0.5, 0.6) is 0 Å². The van der Waals surface area contributed by atoms with Gasteiger partial charge in [0.1, 0.15) is 0 Å². The van der Waals surface area contributed by atoms with Gasteiger partial charge in [-0.3, -0.25) is 9.11 Å². The molecule has 0 saturated carbocycles. The second-order valence-corrected chi connectivity index (χ2v) is 1.34. The average Bonchev–Trinajstić information content (AvgIpc) is 0.722. The van der Waals surface area contributed by atoms with Gasteiger partial charge >= 0.3 is 71.2 Å². The van der Waals surface area contributed by atoms with Gasteiger partial charge in [-0.05, 0) is 0 Å². The third-order valence-electron chi connectivity index (χ3n) is 0. The van der Waals surface area contributed by atoms with Gasteiger partial charge < -0.3 is 0 Å². The summed E-state index contributed by atoms with van der Waals surface area (Å²) >= 11 is 0. The Morgan fingerprint density at radius 2 is 1.09 bits per heavy atom. The summed E-state index contributed by atoms with van der Waals surface area (Å²) in [6.45, 7) is 0. The molecular weight excluding hydrogens is 400 g/mol. The second kappa shape index (κ2) is 23.7. The first-order valence-corrected chi connectivity index (χ1v) is 2.10. The Morgan fingerprint density at radius 1 is 1.09 bits per heavy atom. The molecule has 4 nitrogen and oxygen atoms in total. The van der Waals surface area contributed by atoms with Crippen LogP contribution in [0.15, 0.2) is 0 Å². The van der Waals surface area contributed by atoms with E-state index in [1.807, 2.05) is 0 Å². The summed E-state index contributed by atoms with van der Waals surface area (Å²) in [5, 5.41) is 0. The molecule has 0 spiro atoms. The molecule has 11 heteroatoms. The first-order chi connectivity index (χ1) is 2.00. The summed E-state index contributed by atoms with van der Waals surface area (Å²) in [7, 11) is -4.67. The van der Waals surface area contributed by atoms with Crippen molar-refractivity contribution in [2.45, 2.75) is 0 Å². The predicted octanol–water partition coefficient (Wildman–Crippen LogP) is -2.50. The van der Waals surface area contributed by atoms with Gasteiger partial charge in [-0.15, -0.1) is 0 Å². The molecule has 0 aliphatic rings. The van der Waals surface area contributed by atoms with Crippen LogP contribution in [0.4, 0.5) is 0 Å². The van der Waals surface area contributed by atoms with Gasteiger partial charge in [-0.25, -0.2) is 0 Å². The van der Waals surface area contributed by atoms with Crippen molar-refractivity contribution in [3.8, 4) is 0 Å². The first kappa shape index (κ1) is 45.8. The van der Waals surface area contributed by atoms with Crippen molar-refractivity contribution in [3.05, 3.63) is 0 Å². The van der Waals surface area contributed by atoms with Crippen LogP contribution < -0.4 is 0 Å². The SMILES string of the molecule is O=S(=O)(O)O.[CaH2].[Cu].[Fe].[MgH2].[Mn].[Zn]. The minimum Gasteiger partial charge on any atom is 0 e. The van der Waals surface area contributed by atoms with Crippen LogP contribution in [0.25, 0.3) is 0 Å². The fourth-order valence-corrected chi connectivity index (χ4v) is 0. The number of rotatable bonds is 0. The summed E-state index contributed by atoms with van der Waals surface area (Å²) in [6.07, 6.45) is 0. The molecule has 0 aromatic rings. The Morgan fingerprint density at radius 3 is 1.09 bits per heavy atom. The van der Waals surface area contributed by atoms with Crippen LogP contribution in [-0.2, 0) is 81.1 Å². The summed E-state index contributed by atoms with van der Waals surface area (Å²) in [4.78, 5) is 0. The van der Waals surface area contributed by atoms with Crippen LogP contribution in [0.3, 0.4) is 0 Å². The monoisotopic (exact) mass is 404 g/mol. The molecule has 0 aromatic carbocycles. The van der Waals surface area contributed by atoms with Gasteiger partial charge in [-0.2, -0.15) is 8.42 Å². The van der Waals surface area contributed by atoms with Crippen LogP contribution in [0, 0.1) is 0 Å². The number of hydrogen-bond acceptors (Lipinski definition) is 2. The summed E-state index contributed by atoms with van der Waals surface area (Å²) in [6, 6.07) is 0. The van der Waals surface area contributed by atoms with E-state index in [0.717, 1.165) is 0 Å². The molecule has 0 amide bonds. The molecule has 0 aliphatic carbocycles. The molecule has 0 rings (SSSR count). The molecule has 0 aromatic heterocycles. The smallest absolute Gasteiger partial charge is 0 e. The molecule has 0 saturated heterocycles. The summed E-state index contributed by atoms with van der Waals surface area (Å²) in [5.74, 6) is 0. The topological polar surface area (TPSA) is 74.6 Å². The van der Waals surface area contributed by atoms with E-state index in [4.69, 9.17) is 17.5 Å². The first-order valence-electron chi connectivity index (χ1n) is 0.698. The maximum atomic E-state index is 8.74. The quantitative estimate of drug-likeness (QED) is 0.345. The zero-order valence-electron chi connectivity index (χ0n) is 3.86. The van der Waals surface area contributed by atoms with Crippen molar-refractivity contribution >= 4 is 71.2 Å². The molecule has 2 radical (unpaired) electrons. The Labute approximate surface area is 156 Å². The van der Waals surface area contributed by atoms with Gasteiger partial charge in [0.15, 0.2) is 0 Å². The van der Waals surface area contributed by atoms with Gasteiger partial charge in [0.25, 0.3) is 0 Å². The van der Waals surface area contributed by atoms with Gasteiger partial charge in [0.05, 0.1) is 0 Å². The molecule has 0 atom stereocenters. The largest absolute Gasteiger partial charge is 0.316 e. The molecule has 0 fully saturated rings. The Balaban J connectivity index is -0.00000000533. The fourth-order valence-electron chi connectivity index (χ4n) is 0. The van der Waals surface area contributed by atoms with Crippen molar-refractivity contribution in [2.24, 2.45) is 0 Å². The summed E-state index contributed by atoms with van der Waals surface area (Å²) in [5.41, 5.74) is 0. The van der Waals surface area contributed by atoms with Crippen molar-refractivity contribution in [3.63, 3.8) is 0 Å². The normalized spacial score (nSPS) is 5.27. The molecule has 11 heavy (non-hydrogen) atoms. The van der Waals surface area contributed by atoms with E-state index < -0.39 is 10.4 Å². The van der Waals surface area contributed by atoms with Gasteiger partial charge in [0.2, 0.25) is 0 Å². The molecule has 0 aliphatic heterocycles. The standard InChI is InChI=1S/Ca.Cu.Fe.Mg.Mn.H2O4S.Zn.4H/c;;;;;1-5(2,3)4;;;;;/h;;;;;(H2,1,2,3,4);;;;;. The molecular formula is H6CaCuFeMgMnO4SZn. The maximum Gasteiger partial charge on any atom is 0.316 e. The molecule has 0 unspecified atom stereocenters. The second-order valence-electron chi connectivity index (χ2n) is 0.448. The molecule has 68 valence electrons. The van der Waals surface area contributed by atoms with Crippen LogP contribution >= 0.6 is 0 Å². The van der Waals surface area contributed by atoms with Crippen molar-refractivity contribution in [1.29, 1.82) is 0 Å². The maximum absolute atomic E-state index is 8.74. The zero-order chi connectivity index (χ0) is 4.50. The van der Waals surface area contributed by atoms with E-state index in [1.54, 1.807) is 0 Å². The molecule has 0 bridgehead atoms. The van der Waals surface area contributed by atoms with Gasteiger partial charge in [0, 0.05) is 70.7 Å². The van der Waals surface area contributed by atoms with E-state index in [-0.39, 0.29) is 131 Å². The van der Waals surface area contributed by atoms with Crippen LogP contribution in [-0.4, -0.2) is 78.3 Å².